The lowest BCUT2D eigenvalue weighted by molar-refractivity contribution is 0.237. The molecule has 1 saturated carbocycles. The summed E-state index contributed by atoms with van der Waals surface area (Å²) in [7, 11) is 0. The smallest absolute Gasteiger partial charge is 0.322 e. The van der Waals surface area contributed by atoms with Gasteiger partial charge in [0.15, 0.2) is 5.82 Å². The highest BCUT2D eigenvalue weighted by Crippen LogP contribution is 2.22. The SMILES string of the molecule is CCc1ccc(N(Cc2nnc3n2CCCCC3)C(=O)NC2CCCCC2)cc1. The molecular formula is C23H33N5O. The molecule has 0 radical (unpaired) electrons. The third-order valence-electron chi connectivity index (χ3n) is 6.32. The third kappa shape index (κ3) is 4.80. The highest BCUT2D eigenvalue weighted by molar-refractivity contribution is 5.92. The Hall–Kier alpha value is -2.37. The van der Waals surface area contributed by atoms with Gasteiger partial charge in [-0.15, -0.1) is 10.2 Å². The Morgan fingerprint density at radius 1 is 1.07 bits per heavy atom. The number of nitrogens with one attached hydrogen (secondary N) is 1. The molecule has 6 nitrogen and oxygen atoms in total. The lowest BCUT2D eigenvalue weighted by Gasteiger charge is -2.28. The van der Waals surface area contributed by atoms with Crippen LogP contribution in [0.2, 0.25) is 0 Å². The van der Waals surface area contributed by atoms with E-state index in [-0.39, 0.29) is 12.1 Å². The summed E-state index contributed by atoms with van der Waals surface area (Å²) >= 11 is 0. The number of amides is 2. The summed E-state index contributed by atoms with van der Waals surface area (Å²) in [6.45, 7) is 3.55. The summed E-state index contributed by atoms with van der Waals surface area (Å²) in [5.74, 6) is 1.95. The van der Waals surface area contributed by atoms with E-state index in [1.165, 1.54) is 37.7 Å². The van der Waals surface area contributed by atoms with E-state index >= 15 is 0 Å². The van der Waals surface area contributed by atoms with Crippen LogP contribution in [0, 0.1) is 0 Å². The van der Waals surface area contributed by atoms with E-state index in [1.807, 2.05) is 4.90 Å². The topological polar surface area (TPSA) is 63.1 Å². The van der Waals surface area contributed by atoms with Crippen molar-refractivity contribution in [1.82, 2.24) is 20.1 Å². The molecule has 0 unspecified atom stereocenters. The van der Waals surface area contributed by atoms with Crippen molar-refractivity contribution in [2.45, 2.75) is 90.3 Å². The van der Waals surface area contributed by atoms with Crippen molar-refractivity contribution in [1.29, 1.82) is 0 Å². The van der Waals surface area contributed by atoms with Crippen molar-refractivity contribution in [2.24, 2.45) is 0 Å². The average Bonchev–Trinajstić information content (AvgIpc) is 2.98. The van der Waals surface area contributed by atoms with Gasteiger partial charge in [0, 0.05) is 24.7 Å². The molecule has 156 valence electrons. The minimum Gasteiger partial charge on any atom is -0.335 e. The second-order valence-corrected chi connectivity index (χ2v) is 8.39. The number of benzene rings is 1. The number of hydrogen-bond acceptors (Lipinski definition) is 3. The molecule has 0 saturated heterocycles. The molecule has 1 aliphatic carbocycles. The predicted octanol–water partition coefficient (Wildman–Crippen LogP) is 4.62. The van der Waals surface area contributed by atoms with Gasteiger partial charge in [-0.2, -0.15) is 0 Å². The van der Waals surface area contributed by atoms with E-state index in [0.717, 1.165) is 56.0 Å². The molecular weight excluding hydrogens is 362 g/mol. The van der Waals surface area contributed by atoms with Gasteiger partial charge in [0.1, 0.15) is 5.82 Å². The van der Waals surface area contributed by atoms with Crippen LogP contribution in [0.1, 0.15) is 75.5 Å². The summed E-state index contributed by atoms with van der Waals surface area (Å²) in [6.07, 6.45) is 11.4. The fraction of sp³-hybridized carbons (Fsp3) is 0.609. The summed E-state index contributed by atoms with van der Waals surface area (Å²) in [5.41, 5.74) is 2.19. The highest BCUT2D eigenvalue weighted by Gasteiger charge is 2.24. The van der Waals surface area contributed by atoms with Crippen LogP contribution < -0.4 is 10.2 Å². The number of anilines is 1. The zero-order valence-corrected chi connectivity index (χ0v) is 17.6. The molecule has 1 fully saturated rings. The number of fused-ring (bicyclic) bond motifs is 1. The van der Waals surface area contributed by atoms with Gasteiger partial charge in [-0.05, 0) is 49.8 Å². The summed E-state index contributed by atoms with van der Waals surface area (Å²) in [5, 5.41) is 12.2. The van der Waals surface area contributed by atoms with Crippen molar-refractivity contribution < 1.29 is 4.79 Å². The number of nitrogens with zero attached hydrogens (tertiary/aromatic N) is 4. The van der Waals surface area contributed by atoms with Gasteiger partial charge in [-0.1, -0.05) is 44.7 Å². The van der Waals surface area contributed by atoms with Crippen molar-refractivity contribution in [3.63, 3.8) is 0 Å². The second-order valence-electron chi connectivity index (χ2n) is 8.39. The van der Waals surface area contributed by atoms with Crippen LogP contribution in [0.4, 0.5) is 10.5 Å². The molecule has 2 aliphatic rings. The standard InChI is InChI=1S/C23H33N5O/c1-2-18-12-14-20(15-13-18)28(23(29)24-19-9-5-3-6-10-19)17-22-26-25-21-11-7-4-8-16-27(21)22/h12-15,19H,2-11,16-17H2,1H3,(H,24,29). The van der Waals surface area contributed by atoms with Crippen LogP contribution in [0.15, 0.2) is 24.3 Å². The molecule has 2 heterocycles. The first-order valence-electron chi connectivity index (χ1n) is 11.3. The molecule has 1 aromatic heterocycles. The molecule has 1 N–H and O–H groups in total. The maximum atomic E-state index is 13.3. The van der Waals surface area contributed by atoms with Crippen LogP contribution >= 0.6 is 0 Å². The zero-order chi connectivity index (χ0) is 20.1. The number of aryl methyl sites for hydroxylation is 2. The van der Waals surface area contributed by atoms with E-state index in [9.17, 15) is 4.79 Å². The zero-order valence-electron chi connectivity index (χ0n) is 17.6. The normalized spacial score (nSPS) is 17.4. The highest BCUT2D eigenvalue weighted by atomic mass is 16.2. The van der Waals surface area contributed by atoms with E-state index in [2.05, 4.69) is 51.3 Å². The first kappa shape index (κ1) is 19.9. The van der Waals surface area contributed by atoms with E-state index < -0.39 is 0 Å². The van der Waals surface area contributed by atoms with Gasteiger partial charge in [0.2, 0.25) is 0 Å². The van der Waals surface area contributed by atoms with E-state index in [4.69, 9.17) is 0 Å². The number of urea groups is 1. The van der Waals surface area contributed by atoms with Crippen LogP contribution in [-0.4, -0.2) is 26.8 Å². The largest absolute Gasteiger partial charge is 0.335 e. The fourth-order valence-electron chi connectivity index (χ4n) is 4.50. The van der Waals surface area contributed by atoms with Crippen LogP contribution in [0.25, 0.3) is 0 Å². The Morgan fingerprint density at radius 3 is 2.59 bits per heavy atom. The number of rotatable bonds is 5. The molecule has 29 heavy (non-hydrogen) atoms. The lowest BCUT2D eigenvalue weighted by atomic mass is 9.96. The fourth-order valence-corrected chi connectivity index (χ4v) is 4.50. The molecule has 2 aromatic rings. The molecule has 1 aliphatic heterocycles. The monoisotopic (exact) mass is 395 g/mol. The minimum absolute atomic E-state index is 0.0212. The van der Waals surface area contributed by atoms with Gasteiger partial charge in [-0.25, -0.2) is 4.79 Å². The van der Waals surface area contributed by atoms with E-state index in [0.29, 0.717) is 6.54 Å². The van der Waals surface area contributed by atoms with Crippen molar-refractivity contribution in [3.05, 3.63) is 41.5 Å². The minimum atomic E-state index is -0.0212. The van der Waals surface area contributed by atoms with Crippen molar-refractivity contribution >= 4 is 11.7 Å². The van der Waals surface area contributed by atoms with Crippen molar-refractivity contribution in [3.8, 4) is 0 Å². The van der Waals surface area contributed by atoms with Crippen LogP contribution in [0.5, 0.6) is 0 Å². The van der Waals surface area contributed by atoms with Crippen LogP contribution in [-0.2, 0) is 25.9 Å². The number of carbonyl (C=O) groups excluding carboxylic acids is 1. The number of hydrogen-bond donors (Lipinski definition) is 1. The first-order valence-corrected chi connectivity index (χ1v) is 11.3. The maximum absolute atomic E-state index is 13.3. The molecule has 4 rings (SSSR count). The van der Waals surface area contributed by atoms with Gasteiger partial charge in [0.25, 0.3) is 0 Å². The molecule has 2 amide bonds. The quantitative estimate of drug-likeness (QED) is 0.804. The third-order valence-corrected chi connectivity index (χ3v) is 6.32. The number of carbonyl (C=O) groups is 1. The van der Waals surface area contributed by atoms with Crippen LogP contribution in [0.3, 0.4) is 0 Å². The maximum Gasteiger partial charge on any atom is 0.322 e. The predicted molar refractivity (Wildman–Crippen MR) is 115 cm³/mol. The first-order chi connectivity index (χ1) is 14.2. The summed E-state index contributed by atoms with van der Waals surface area (Å²) < 4.78 is 2.23. The Morgan fingerprint density at radius 2 is 1.83 bits per heavy atom. The molecule has 1 aromatic carbocycles. The number of aromatic nitrogens is 3. The molecule has 6 heteroatoms. The molecule has 0 bridgehead atoms. The Labute approximate surface area is 173 Å². The van der Waals surface area contributed by atoms with E-state index in [1.54, 1.807) is 0 Å². The van der Waals surface area contributed by atoms with Gasteiger partial charge in [0.05, 0.1) is 6.54 Å². The Balaban J connectivity index is 1.57. The summed E-state index contributed by atoms with van der Waals surface area (Å²) in [4.78, 5) is 15.1. The molecule has 0 atom stereocenters. The van der Waals surface area contributed by atoms with Crippen molar-refractivity contribution in [2.75, 3.05) is 4.90 Å². The average molecular weight is 396 g/mol. The summed E-state index contributed by atoms with van der Waals surface area (Å²) in [6, 6.07) is 8.59. The Bertz CT molecular complexity index is 807. The molecule has 0 spiro atoms. The van der Waals surface area contributed by atoms with Gasteiger partial charge < -0.3 is 9.88 Å². The van der Waals surface area contributed by atoms with Gasteiger partial charge >= 0.3 is 6.03 Å². The van der Waals surface area contributed by atoms with Gasteiger partial charge in [-0.3, -0.25) is 4.90 Å². The Kier molecular flexibility index (Phi) is 6.47. The lowest BCUT2D eigenvalue weighted by Crippen LogP contribution is -2.45. The second kappa shape index (κ2) is 9.42.